The normalized spacial score (nSPS) is 12.0. The van der Waals surface area contributed by atoms with Crippen LogP contribution in [0.25, 0.3) is 0 Å². The first-order chi connectivity index (χ1) is 10.8. The fraction of sp³-hybridized carbons (Fsp3) is 0.182. The minimum absolute atomic E-state index is 0.438. The Labute approximate surface area is 133 Å². The van der Waals surface area contributed by atoms with Gasteiger partial charge in [0.05, 0.1) is 0 Å². The van der Waals surface area contributed by atoms with Gasteiger partial charge in [-0.2, -0.15) is 0 Å². The fourth-order valence-electron chi connectivity index (χ4n) is 3.03. The van der Waals surface area contributed by atoms with Crippen LogP contribution in [0.2, 0.25) is 0 Å². The summed E-state index contributed by atoms with van der Waals surface area (Å²) in [6.07, 6.45) is 2.19. The van der Waals surface area contributed by atoms with Crippen LogP contribution in [0.1, 0.15) is 35.1 Å². The maximum atomic E-state index is 2.30. The van der Waals surface area contributed by atoms with Crippen molar-refractivity contribution in [1.29, 1.82) is 0 Å². The fourth-order valence-corrected chi connectivity index (χ4v) is 3.03. The summed E-state index contributed by atoms with van der Waals surface area (Å²) in [4.78, 5) is 0. The van der Waals surface area contributed by atoms with E-state index in [4.69, 9.17) is 0 Å². The van der Waals surface area contributed by atoms with E-state index in [-0.39, 0.29) is 0 Å². The molecule has 0 N–H and O–H groups in total. The van der Waals surface area contributed by atoms with E-state index in [2.05, 4.69) is 91.9 Å². The molecule has 0 saturated heterocycles. The maximum Gasteiger partial charge on any atom is 0.00637 e. The average Bonchev–Trinajstić information content (AvgIpc) is 2.61. The Morgan fingerprint density at radius 3 is 1.95 bits per heavy atom. The molecule has 0 aliphatic heterocycles. The average molecular weight is 286 g/mol. The summed E-state index contributed by atoms with van der Waals surface area (Å²) in [5.74, 6) is 0.438. The van der Waals surface area contributed by atoms with Gasteiger partial charge >= 0.3 is 0 Å². The van der Waals surface area contributed by atoms with Crippen molar-refractivity contribution in [3.05, 3.63) is 107 Å². The summed E-state index contributed by atoms with van der Waals surface area (Å²) in [6.45, 7) is 2.30. The molecule has 3 aromatic rings. The summed E-state index contributed by atoms with van der Waals surface area (Å²) < 4.78 is 0. The number of aryl methyl sites for hydroxylation is 2. The molecule has 0 spiro atoms. The molecule has 0 saturated carbocycles. The molecule has 22 heavy (non-hydrogen) atoms. The van der Waals surface area contributed by atoms with Gasteiger partial charge in [-0.25, -0.2) is 0 Å². The number of rotatable bonds is 5. The SMILES string of the molecule is CC(c1ccccc1)c1ccccc1CCc1ccccc1. The van der Waals surface area contributed by atoms with Gasteiger partial charge in [0, 0.05) is 5.92 Å². The van der Waals surface area contributed by atoms with Crippen LogP contribution in [0.3, 0.4) is 0 Å². The molecular weight excluding hydrogens is 264 g/mol. The molecule has 0 nitrogen and oxygen atoms in total. The van der Waals surface area contributed by atoms with Crippen molar-refractivity contribution in [2.24, 2.45) is 0 Å². The van der Waals surface area contributed by atoms with Crippen molar-refractivity contribution in [2.45, 2.75) is 25.7 Å². The molecule has 0 heterocycles. The van der Waals surface area contributed by atoms with Gasteiger partial charge in [0.15, 0.2) is 0 Å². The lowest BCUT2D eigenvalue weighted by molar-refractivity contribution is 0.866. The van der Waals surface area contributed by atoms with Crippen molar-refractivity contribution in [1.82, 2.24) is 0 Å². The van der Waals surface area contributed by atoms with E-state index in [1.54, 1.807) is 0 Å². The van der Waals surface area contributed by atoms with Crippen LogP contribution in [0, 0.1) is 0 Å². The number of hydrogen-bond donors (Lipinski definition) is 0. The van der Waals surface area contributed by atoms with Gasteiger partial charge in [-0.3, -0.25) is 0 Å². The second-order valence-corrected chi connectivity index (χ2v) is 5.82. The van der Waals surface area contributed by atoms with Crippen LogP contribution in [-0.2, 0) is 12.8 Å². The molecule has 0 aromatic heterocycles. The molecule has 0 heteroatoms. The third-order valence-electron chi connectivity index (χ3n) is 4.35. The molecule has 3 aromatic carbocycles. The second kappa shape index (κ2) is 7.09. The standard InChI is InChI=1S/C22H22/c1-18(20-12-6-3-7-13-20)22-15-9-8-14-21(22)17-16-19-10-4-2-5-11-19/h2-15,18H,16-17H2,1H3. The zero-order valence-corrected chi connectivity index (χ0v) is 13.1. The lowest BCUT2D eigenvalue weighted by atomic mass is 9.88. The Balaban J connectivity index is 1.81. The van der Waals surface area contributed by atoms with E-state index in [0.717, 1.165) is 12.8 Å². The van der Waals surface area contributed by atoms with E-state index in [0.29, 0.717) is 5.92 Å². The van der Waals surface area contributed by atoms with Gasteiger partial charge in [0.2, 0.25) is 0 Å². The molecule has 1 atom stereocenters. The Morgan fingerprint density at radius 2 is 1.23 bits per heavy atom. The monoisotopic (exact) mass is 286 g/mol. The number of hydrogen-bond acceptors (Lipinski definition) is 0. The molecule has 0 radical (unpaired) electrons. The van der Waals surface area contributed by atoms with Crippen LogP contribution in [0.5, 0.6) is 0 Å². The van der Waals surface area contributed by atoms with Gasteiger partial charge in [-0.05, 0) is 35.1 Å². The van der Waals surface area contributed by atoms with E-state index in [9.17, 15) is 0 Å². The lowest BCUT2D eigenvalue weighted by Crippen LogP contribution is -2.02. The largest absolute Gasteiger partial charge is 0.0622 e. The third kappa shape index (κ3) is 3.46. The van der Waals surface area contributed by atoms with Crippen molar-refractivity contribution >= 4 is 0 Å². The topological polar surface area (TPSA) is 0 Å². The van der Waals surface area contributed by atoms with E-state index < -0.39 is 0 Å². The maximum absolute atomic E-state index is 2.30. The quantitative estimate of drug-likeness (QED) is 0.570. The molecule has 3 rings (SSSR count). The predicted molar refractivity (Wildman–Crippen MR) is 94.3 cm³/mol. The summed E-state index contributed by atoms with van der Waals surface area (Å²) in [5.41, 5.74) is 5.70. The van der Waals surface area contributed by atoms with Crippen LogP contribution in [0.15, 0.2) is 84.9 Å². The van der Waals surface area contributed by atoms with E-state index >= 15 is 0 Å². The molecule has 0 fully saturated rings. The summed E-state index contributed by atoms with van der Waals surface area (Å²) in [7, 11) is 0. The molecular formula is C22H22. The smallest absolute Gasteiger partial charge is 0.00637 e. The second-order valence-electron chi connectivity index (χ2n) is 5.82. The summed E-state index contributed by atoms with van der Waals surface area (Å²) >= 11 is 0. The highest BCUT2D eigenvalue weighted by Crippen LogP contribution is 2.27. The molecule has 0 aliphatic carbocycles. The highest BCUT2D eigenvalue weighted by Gasteiger charge is 2.11. The highest BCUT2D eigenvalue weighted by molar-refractivity contribution is 5.37. The van der Waals surface area contributed by atoms with Crippen molar-refractivity contribution in [3.8, 4) is 0 Å². The van der Waals surface area contributed by atoms with Crippen LogP contribution in [-0.4, -0.2) is 0 Å². The van der Waals surface area contributed by atoms with Gasteiger partial charge in [-0.15, -0.1) is 0 Å². The number of benzene rings is 3. The molecule has 1 unspecified atom stereocenters. The molecule has 0 bridgehead atoms. The van der Waals surface area contributed by atoms with Gasteiger partial charge in [-0.1, -0.05) is 91.9 Å². The van der Waals surface area contributed by atoms with Crippen molar-refractivity contribution < 1.29 is 0 Å². The van der Waals surface area contributed by atoms with E-state index in [1.165, 1.54) is 22.3 Å². The Hall–Kier alpha value is -2.34. The highest BCUT2D eigenvalue weighted by atomic mass is 14.2. The van der Waals surface area contributed by atoms with Crippen molar-refractivity contribution in [2.75, 3.05) is 0 Å². The van der Waals surface area contributed by atoms with Gasteiger partial charge < -0.3 is 0 Å². The van der Waals surface area contributed by atoms with Crippen LogP contribution in [0.4, 0.5) is 0 Å². The van der Waals surface area contributed by atoms with E-state index in [1.807, 2.05) is 0 Å². The summed E-state index contributed by atoms with van der Waals surface area (Å²) in [5, 5.41) is 0. The third-order valence-corrected chi connectivity index (χ3v) is 4.35. The molecule has 110 valence electrons. The predicted octanol–water partition coefficient (Wildman–Crippen LogP) is 5.62. The van der Waals surface area contributed by atoms with Crippen molar-refractivity contribution in [3.63, 3.8) is 0 Å². The zero-order chi connectivity index (χ0) is 15.2. The Morgan fingerprint density at radius 1 is 0.636 bits per heavy atom. The van der Waals surface area contributed by atoms with Gasteiger partial charge in [0.1, 0.15) is 0 Å². The Bertz CT molecular complexity index is 698. The Kier molecular flexibility index (Phi) is 4.70. The van der Waals surface area contributed by atoms with Gasteiger partial charge in [0.25, 0.3) is 0 Å². The first-order valence-corrected chi connectivity index (χ1v) is 8.01. The zero-order valence-electron chi connectivity index (χ0n) is 13.1. The first-order valence-electron chi connectivity index (χ1n) is 8.01. The lowest BCUT2D eigenvalue weighted by Gasteiger charge is -2.17. The summed E-state index contributed by atoms with van der Waals surface area (Å²) in [6, 6.07) is 30.4. The van der Waals surface area contributed by atoms with Crippen LogP contribution >= 0.6 is 0 Å². The molecule has 0 aliphatic rings. The minimum Gasteiger partial charge on any atom is -0.0622 e. The minimum atomic E-state index is 0.438. The molecule has 0 amide bonds. The van der Waals surface area contributed by atoms with Crippen LogP contribution < -0.4 is 0 Å². The first kappa shape index (κ1) is 14.6.